The van der Waals surface area contributed by atoms with Crippen molar-refractivity contribution in [3.8, 4) is 11.5 Å². The van der Waals surface area contributed by atoms with Crippen LogP contribution in [0.2, 0.25) is 0 Å². The minimum absolute atomic E-state index is 0. The molecule has 22 heavy (non-hydrogen) atoms. The molecule has 0 aromatic heterocycles. The molecule has 1 amide bonds. The fraction of sp³-hybridized carbons (Fsp3) is 0.562. The summed E-state index contributed by atoms with van der Waals surface area (Å²) in [6.07, 6.45) is 2.31. The second kappa shape index (κ2) is 9.54. The van der Waals surface area contributed by atoms with Crippen LogP contribution in [0.15, 0.2) is 24.3 Å². The van der Waals surface area contributed by atoms with E-state index >= 15 is 0 Å². The van der Waals surface area contributed by atoms with Gasteiger partial charge >= 0.3 is 0 Å². The molecule has 124 valence electrons. The van der Waals surface area contributed by atoms with Gasteiger partial charge in [0.25, 0.3) is 0 Å². The van der Waals surface area contributed by atoms with Crippen LogP contribution in [0.3, 0.4) is 0 Å². The smallest absolute Gasteiger partial charge is 0.222 e. The third kappa shape index (κ3) is 5.39. The van der Waals surface area contributed by atoms with E-state index in [1.165, 1.54) is 0 Å². The molecule has 1 aliphatic heterocycles. The monoisotopic (exact) mass is 328 g/mol. The van der Waals surface area contributed by atoms with Gasteiger partial charge in [-0.1, -0.05) is 0 Å². The largest absolute Gasteiger partial charge is 0.497 e. The third-order valence-electron chi connectivity index (χ3n) is 3.84. The fourth-order valence-electron chi connectivity index (χ4n) is 2.44. The van der Waals surface area contributed by atoms with Crippen molar-refractivity contribution in [1.82, 2.24) is 10.2 Å². The minimum Gasteiger partial charge on any atom is -0.497 e. The molecule has 5 nitrogen and oxygen atoms in total. The Morgan fingerprint density at radius 1 is 1.32 bits per heavy atom. The Morgan fingerprint density at radius 3 is 2.59 bits per heavy atom. The summed E-state index contributed by atoms with van der Waals surface area (Å²) in [5.74, 6) is 1.81. The molecule has 0 spiro atoms. The molecule has 6 heteroatoms. The van der Waals surface area contributed by atoms with Crippen LogP contribution in [-0.2, 0) is 4.79 Å². The summed E-state index contributed by atoms with van der Waals surface area (Å²) in [4.78, 5) is 13.9. The molecular formula is C16H25ClN2O3. The number of benzene rings is 1. The quantitative estimate of drug-likeness (QED) is 0.779. The standard InChI is InChI=1S/C16H24N2O3.ClH/c1-18(13-9-10-17-12-13)16(19)4-3-11-21-15-7-5-14(20-2)6-8-15;/h5-8,13,17H,3-4,9-12H2,1-2H3;1H. The van der Waals surface area contributed by atoms with Crippen LogP contribution >= 0.6 is 12.4 Å². The van der Waals surface area contributed by atoms with Gasteiger partial charge in [0.1, 0.15) is 11.5 Å². The number of rotatable bonds is 7. The number of likely N-dealkylation sites (N-methyl/N-ethyl adjacent to an activating group) is 1. The maximum absolute atomic E-state index is 12.1. The normalized spacial score (nSPS) is 16.7. The van der Waals surface area contributed by atoms with Gasteiger partial charge in [0.2, 0.25) is 5.91 Å². The topological polar surface area (TPSA) is 50.8 Å². The Bertz CT molecular complexity index is 447. The van der Waals surface area contributed by atoms with Crippen molar-refractivity contribution in [2.45, 2.75) is 25.3 Å². The first kappa shape index (κ1) is 18.6. The summed E-state index contributed by atoms with van der Waals surface area (Å²) in [5.41, 5.74) is 0. The van der Waals surface area contributed by atoms with Crippen molar-refractivity contribution in [1.29, 1.82) is 0 Å². The molecule has 0 radical (unpaired) electrons. The maximum Gasteiger partial charge on any atom is 0.222 e. The number of hydrogen-bond donors (Lipinski definition) is 1. The number of carbonyl (C=O) groups excluding carboxylic acids is 1. The molecule has 0 bridgehead atoms. The summed E-state index contributed by atoms with van der Waals surface area (Å²) in [6.45, 7) is 2.46. The first-order valence-electron chi connectivity index (χ1n) is 7.44. The lowest BCUT2D eigenvalue weighted by molar-refractivity contribution is -0.131. The second-order valence-electron chi connectivity index (χ2n) is 5.28. The lowest BCUT2D eigenvalue weighted by Crippen LogP contribution is -2.38. The van der Waals surface area contributed by atoms with Gasteiger partial charge in [-0.2, -0.15) is 0 Å². The average Bonchev–Trinajstić information content (AvgIpc) is 3.05. The number of nitrogens with zero attached hydrogens (tertiary/aromatic N) is 1. The Balaban J connectivity index is 0.00000242. The number of ether oxygens (including phenoxy) is 2. The number of methoxy groups -OCH3 is 1. The molecule has 0 aliphatic carbocycles. The van der Waals surface area contributed by atoms with Crippen molar-refractivity contribution in [3.63, 3.8) is 0 Å². The molecule has 1 aliphatic rings. The van der Waals surface area contributed by atoms with E-state index in [-0.39, 0.29) is 18.3 Å². The van der Waals surface area contributed by atoms with Gasteiger partial charge in [0.15, 0.2) is 0 Å². The lowest BCUT2D eigenvalue weighted by atomic mass is 10.2. The van der Waals surface area contributed by atoms with Crippen molar-refractivity contribution < 1.29 is 14.3 Å². The van der Waals surface area contributed by atoms with E-state index in [4.69, 9.17) is 9.47 Å². The predicted molar refractivity (Wildman–Crippen MR) is 89.0 cm³/mol. The number of amides is 1. The SMILES string of the molecule is COc1ccc(OCCCC(=O)N(C)C2CCNC2)cc1.Cl. The highest BCUT2D eigenvalue weighted by molar-refractivity contribution is 5.85. The zero-order valence-electron chi connectivity index (χ0n) is 13.2. The van der Waals surface area contributed by atoms with Crippen LogP contribution in [0.4, 0.5) is 0 Å². The van der Waals surface area contributed by atoms with Crippen molar-refractivity contribution in [2.75, 3.05) is 33.9 Å². The van der Waals surface area contributed by atoms with Gasteiger partial charge in [-0.3, -0.25) is 4.79 Å². The van der Waals surface area contributed by atoms with Crippen molar-refractivity contribution >= 4 is 18.3 Å². The first-order valence-corrected chi connectivity index (χ1v) is 7.44. The molecule has 1 heterocycles. The summed E-state index contributed by atoms with van der Waals surface area (Å²) in [6, 6.07) is 7.82. The molecule has 1 aromatic carbocycles. The van der Waals surface area contributed by atoms with E-state index in [1.807, 2.05) is 36.2 Å². The molecule has 1 saturated heterocycles. The van der Waals surface area contributed by atoms with Crippen LogP contribution in [-0.4, -0.2) is 50.7 Å². The Hall–Kier alpha value is -1.46. The van der Waals surface area contributed by atoms with Crippen LogP contribution in [0, 0.1) is 0 Å². The molecule has 1 aromatic rings. The van der Waals surface area contributed by atoms with Crippen LogP contribution in [0.5, 0.6) is 11.5 Å². The lowest BCUT2D eigenvalue weighted by Gasteiger charge is -2.23. The molecule has 1 N–H and O–H groups in total. The van der Waals surface area contributed by atoms with Crippen LogP contribution in [0.1, 0.15) is 19.3 Å². The summed E-state index contributed by atoms with van der Waals surface area (Å²) in [5, 5.41) is 3.28. The molecule has 2 rings (SSSR count). The maximum atomic E-state index is 12.1. The summed E-state index contributed by atoms with van der Waals surface area (Å²) < 4.78 is 10.7. The summed E-state index contributed by atoms with van der Waals surface area (Å²) >= 11 is 0. The predicted octanol–water partition coefficient (Wildman–Crippen LogP) is 2.10. The molecule has 1 atom stereocenters. The third-order valence-corrected chi connectivity index (χ3v) is 3.84. The van der Waals surface area contributed by atoms with Gasteiger partial charge in [-0.05, 0) is 43.7 Å². The average molecular weight is 329 g/mol. The molecule has 0 saturated carbocycles. The van der Waals surface area contributed by atoms with E-state index in [0.717, 1.165) is 37.4 Å². The van der Waals surface area contributed by atoms with Gasteiger partial charge in [-0.25, -0.2) is 0 Å². The Labute approximate surface area is 138 Å². The number of halogens is 1. The Morgan fingerprint density at radius 2 is 2.00 bits per heavy atom. The van der Waals surface area contributed by atoms with Gasteiger partial charge in [-0.15, -0.1) is 12.4 Å². The first-order chi connectivity index (χ1) is 10.2. The van der Waals surface area contributed by atoms with Crippen molar-refractivity contribution in [3.05, 3.63) is 24.3 Å². The van der Waals surface area contributed by atoms with Gasteiger partial charge in [0.05, 0.1) is 13.7 Å². The molecule has 1 fully saturated rings. The number of carbonyl (C=O) groups is 1. The van der Waals surface area contributed by atoms with E-state index < -0.39 is 0 Å². The van der Waals surface area contributed by atoms with Crippen LogP contribution in [0.25, 0.3) is 0 Å². The fourth-order valence-corrected chi connectivity index (χ4v) is 2.44. The highest BCUT2D eigenvalue weighted by Crippen LogP contribution is 2.17. The zero-order valence-corrected chi connectivity index (χ0v) is 14.0. The van der Waals surface area contributed by atoms with Gasteiger partial charge < -0.3 is 19.7 Å². The van der Waals surface area contributed by atoms with E-state index in [9.17, 15) is 4.79 Å². The second-order valence-corrected chi connectivity index (χ2v) is 5.28. The highest BCUT2D eigenvalue weighted by Gasteiger charge is 2.22. The molecule has 1 unspecified atom stereocenters. The van der Waals surface area contributed by atoms with E-state index in [0.29, 0.717) is 19.1 Å². The molecular weight excluding hydrogens is 304 g/mol. The van der Waals surface area contributed by atoms with E-state index in [1.54, 1.807) is 7.11 Å². The Kier molecular flexibility index (Phi) is 8.06. The van der Waals surface area contributed by atoms with Crippen LogP contribution < -0.4 is 14.8 Å². The minimum atomic E-state index is 0. The van der Waals surface area contributed by atoms with E-state index in [2.05, 4.69) is 5.32 Å². The zero-order chi connectivity index (χ0) is 15.1. The number of hydrogen-bond acceptors (Lipinski definition) is 4. The van der Waals surface area contributed by atoms with Gasteiger partial charge in [0, 0.05) is 26.1 Å². The highest BCUT2D eigenvalue weighted by atomic mass is 35.5. The summed E-state index contributed by atoms with van der Waals surface area (Å²) in [7, 11) is 3.53. The van der Waals surface area contributed by atoms with Crippen molar-refractivity contribution in [2.24, 2.45) is 0 Å². The number of nitrogens with one attached hydrogen (secondary N) is 1.